The Morgan fingerprint density at radius 3 is 2.90 bits per heavy atom. The summed E-state index contributed by atoms with van der Waals surface area (Å²) in [5, 5.41) is 13.2. The first-order valence-electron chi connectivity index (χ1n) is 6.66. The van der Waals surface area contributed by atoms with Gasteiger partial charge in [-0.1, -0.05) is 0 Å². The minimum absolute atomic E-state index is 0.112. The lowest BCUT2D eigenvalue weighted by Gasteiger charge is -2.16. The van der Waals surface area contributed by atoms with Gasteiger partial charge in [0.2, 0.25) is 0 Å². The van der Waals surface area contributed by atoms with E-state index < -0.39 is 6.17 Å². The first-order chi connectivity index (χ1) is 9.65. The topological polar surface area (TPSA) is 74.7 Å². The van der Waals surface area contributed by atoms with Gasteiger partial charge in [-0.3, -0.25) is 0 Å². The van der Waals surface area contributed by atoms with Crippen LogP contribution in [0.25, 0.3) is 10.9 Å². The number of hydrogen-bond acceptors (Lipinski definition) is 4. The normalized spacial score (nSPS) is 21.8. The largest absolute Gasteiger partial charge is 0.384 e. The summed E-state index contributed by atoms with van der Waals surface area (Å²) in [5.41, 5.74) is 7.94. The summed E-state index contributed by atoms with van der Waals surface area (Å²) in [4.78, 5) is 4.26. The molecular formula is C15H15FN4. The van der Waals surface area contributed by atoms with Gasteiger partial charge in [-0.15, -0.1) is 0 Å². The quantitative estimate of drug-likeness (QED) is 0.879. The van der Waals surface area contributed by atoms with E-state index in [2.05, 4.69) is 16.4 Å². The molecule has 0 spiro atoms. The first kappa shape index (κ1) is 12.7. The second-order valence-corrected chi connectivity index (χ2v) is 5.19. The van der Waals surface area contributed by atoms with Crippen LogP contribution < -0.4 is 11.1 Å². The van der Waals surface area contributed by atoms with Crippen LogP contribution in [0.2, 0.25) is 0 Å². The third-order valence-corrected chi connectivity index (χ3v) is 3.69. The summed E-state index contributed by atoms with van der Waals surface area (Å²) < 4.78 is 13.3. The predicted octanol–water partition coefficient (Wildman–Crippen LogP) is 2.99. The number of rotatable bonds is 2. The molecular weight excluding hydrogens is 255 g/mol. The summed E-state index contributed by atoms with van der Waals surface area (Å²) in [7, 11) is 0. The predicted molar refractivity (Wildman–Crippen MR) is 77.0 cm³/mol. The minimum atomic E-state index is -0.729. The Morgan fingerprint density at radius 2 is 2.20 bits per heavy atom. The van der Waals surface area contributed by atoms with Crippen molar-refractivity contribution in [2.24, 2.45) is 0 Å². The Labute approximate surface area is 116 Å². The number of benzene rings is 1. The number of aromatic nitrogens is 1. The molecule has 2 unspecified atom stereocenters. The van der Waals surface area contributed by atoms with Crippen LogP contribution in [0.3, 0.4) is 0 Å². The van der Waals surface area contributed by atoms with E-state index in [-0.39, 0.29) is 6.04 Å². The molecule has 2 aromatic rings. The van der Waals surface area contributed by atoms with Crippen molar-refractivity contribution in [3.8, 4) is 6.07 Å². The molecule has 2 atom stereocenters. The number of fused-ring (bicyclic) bond motifs is 1. The van der Waals surface area contributed by atoms with E-state index in [0.717, 1.165) is 23.0 Å². The average Bonchev–Trinajstić information content (AvgIpc) is 2.83. The Morgan fingerprint density at radius 1 is 1.35 bits per heavy atom. The van der Waals surface area contributed by atoms with Crippen molar-refractivity contribution in [3.63, 3.8) is 0 Å². The molecule has 1 aromatic heterocycles. The highest BCUT2D eigenvalue weighted by molar-refractivity contribution is 5.93. The van der Waals surface area contributed by atoms with E-state index in [1.807, 2.05) is 0 Å². The number of alkyl halides is 1. The highest BCUT2D eigenvalue weighted by atomic mass is 19.1. The molecule has 1 aliphatic rings. The molecule has 1 heterocycles. The Balaban J connectivity index is 2.02. The summed E-state index contributed by atoms with van der Waals surface area (Å²) >= 11 is 0. The molecule has 4 nitrogen and oxygen atoms in total. The monoisotopic (exact) mass is 270 g/mol. The number of halogens is 1. The van der Waals surface area contributed by atoms with Gasteiger partial charge in [0, 0.05) is 23.2 Å². The van der Waals surface area contributed by atoms with Crippen molar-refractivity contribution in [2.75, 3.05) is 11.1 Å². The van der Waals surface area contributed by atoms with Gasteiger partial charge in [-0.2, -0.15) is 5.26 Å². The Bertz CT molecular complexity index is 692. The van der Waals surface area contributed by atoms with Crippen LogP contribution in [0.1, 0.15) is 24.8 Å². The molecule has 0 aliphatic heterocycles. The van der Waals surface area contributed by atoms with Crippen LogP contribution in [0.15, 0.2) is 24.3 Å². The van der Waals surface area contributed by atoms with Gasteiger partial charge in [0.25, 0.3) is 0 Å². The van der Waals surface area contributed by atoms with E-state index in [1.165, 1.54) is 0 Å². The molecule has 1 aliphatic carbocycles. The summed E-state index contributed by atoms with van der Waals surface area (Å²) in [6.45, 7) is 0. The van der Waals surface area contributed by atoms with Gasteiger partial charge in [0.05, 0.1) is 17.1 Å². The van der Waals surface area contributed by atoms with Crippen molar-refractivity contribution < 1.29 is 4.39 Å². The number of nitrogens with two attached hydrogens (primary N) is 1. The van der Waals surface area contributed by atoms with Crippen LogP contribution in [0, 0.1) is 11.3 Å². The van der Waals surface area contributed by atoms with Crippen molar-refractivity contribution >= 4 is 22.4 Å². The molecule has 0 radical (unpaired) electrons. The zero-order valence-electron chi connectivity index (χ0n) is 10.9. The molecule has 102 valence electrons. The third kappa shape index (κ3) is 2.37. The van der Waals surface area contributed by atoms with Crippen LogP contribution in [0.5, 0.6) is 0 Å². The number of anilines is 2. The van der Waals surface area contributed by atoms with E-state index in [1.54, 1.807) is 24.3 Å². The number of pyridine rings is 1. The fourth-order valence-electron chi connectivity index (χ4n) is 2.71. The molecule has 1 aromatic carbocycles. The lowest BCUT2D eigenvalue weighted by atomic mass is 10.1. The Kier molecular flexibility index (Phi) is 3.15. The highest BCUT2D eigenvalue weighted by Crippen LogP contribution is 2.30. The van der Waals surface area contributed by atoms with Crippen molar-refractivity contribution in [3.05, 3.63) is 29.8 Å². The number of hydrogen-bond donors (Lipinski definition) is 2. The van der Waals surface area contributed by atoms with Crippen LogP contribution in [-0.4, -0.2) is 17.2 Å². The lowest BCUT2D eigenvalue weighted by molar-refractivity contribution is 0.341. The van der Waals surface area contributed by atoms with Crippen molar-refractivity contribution in [1.82, 2.24) is 4.98 Å². The van der Waals surface area contributed by atoms with Crippen LogP contribution in [-0.2, 0) is 0 Å². The smallest absolute Gasteiger partial charge is 0.126 e. The fourth-order valence-corrected chi connectivity index (χ4v) is 2.71. The second kappa shape index (κ2) is 4.97. The molecule has 20 heavy (non-hydrogen) atoms. The maximum Gasteiger partial charge on any atom is 0.126 e. The third-order valence-electron chi connectivity index (χ3n) is 3.69. The average molecular weight is 270 g/mol. The highest BCUT2D eigenvalue weighted by Gasteiger charge is 2.24. The number of nitriles is 1. The minimum Gasteiger partial charge on any atom is -0.384 e. The summed E-state index contributed by atoms with van der Waals surface area (Å²) in [6.07, 6.45) is 1.19. The van der Waals surface area contributed by atoms with E-state index in [0.29, 0.717) is 24.2 Å². The van der Waals surface area contributed by atoms with Gasteiger partial charge < -0.3 is 11.1 Å². The lowest BCUT2D eigenvalue weighted by Crippen LogP contribution is -2.16. The molecule has 3 N–H and O–H groups in total. The number of nitrogens with one attached hydrogen (secondary N) is 1. The van der Waals surface area contributed by atoms with E-state index in [4.69, 9.17) is 11.0 Å². The van der Waals surface area contributed by atoms with Gasteiger partial charge in [0.1, 0.15) is 12.0 Å². The second-order valence-electron chi connectivity index (χ2n) is 5.19. The van der Waals surface area contributed by atoms with Gasteiger partial charge in [-0.05, 0) is 37.5 Å². The Hall–Kier alpha value is -2.35. The van der Waals surface area contributed by atoms with Gasteiger partial charge in [0.15, 0.2) is 0 Å². The molecule has 1 saturated carbocycles. The summed E-state index contributed by atoms with van der Waals surface area (Å²) in [6, 6.07) is 9.25. The first-order valence-corrected chi connectivity index (χ1v) is 6.66. The number of nitrogens with zero attached hydrogens (tertiary/aromatic N) is 2. The molecule has 0 amide bonds. The maximum absolute atomic E-state index is 13.3. The van der Waals surface area contributed by atoms with Gasteiger partial charge >= 0.3 is 0 Å². The zero-order valence-corrected chi connectivity index (χ0v) is 10.9. The van der Waals surface area contributed by atoms with E-state index >= 15 is 0 Å². The standard InChI is InChI=1S/C15H15FN4/c16-10-2-3-11(6-10)19-14-7-15(18)20-13-4-1-9(8-17)5-12(13)14/h1,4-5,7,10-11H,2-3,6H2,(H3,18,19,20). The van der Waals surface area contributed by atoms with Crippen LogP contribution in [0.4, 0.5) is 15.9 Å². The zero-order chi connectivity index (χ0) is 14.1. The molecule has 1 fully saturated rings. The summed E-state index contributed by atoms with van der Waals surface area (Å²) in [5.74, 6) is 0.416. The van der Waals surface area contributed by atoms with Crippen LogP contribution >= 0.6 is 0 Å². The molecule has 0 bridgehead atoms. The fraction of sp³-hybridized carbons (Fsp3) is 0.333. The van der Waals surface area contributed by atoms with Crippen molar-refractivity contribution in [2.45, 2.75) is 31.5 Å². The SMILES string of the molecule is N#Cc1ccc2nc(N)cc(NC3CCC(F)C3)c2c1. The maximum atomic E-state index is 13.3. The van der Waals surface area contributed by atoms with E-state index in [9.17, 15) is 4.39 Å². The molecule has 5 heteroatoms. The molecule has 3 rings (SSSR count). The number of nitrogen functional groups attached to an aromatic ring is 1. The molecule has 0 saturated heterocycles. The van der Waals surface area contributed by atoms with Crippen molar-refractivity contribution in [1.29, 1.82) is 5.26 Å². The van der Waals surface area contributed by atoms with Gasteiger partial charge in [-0.25, -0.2) is 9.37 Å².